The van der Waals surface area contributed by atoms with Crippen LogP contribution in [-0.2, 0) is 0 Å². The van der Waals surface area contributed by atoms with E-state index < -0.39 is 5.82 Å². The van der Waals surface area contributed by atoms with Crippen molar-refractivity contribution in [3.63, 3.8) is 0 Å². The predicted octanol–water partition coefficient (Wildman–Crippen LogP) is 4.60. The summed E-state index contributed by atoms with van der Waals surface area (Å²) >= 11 is 6.59. The average Bonchev–Trinajstić information content (AvgIpc) is 2.31. The first-order valence-electron chi connectivity index (χ1n) is 5.08. The fraction of sp³-hybridized carbons (Fsp3) is 0. The second-order valence-corrected chi connectivity index (χ2v) is 5.42. The van der Waals surface area contributed by atoms with Crippen molar-refractivity contribution in [2.24, 2.45) is 0 Å². The lowest BCUT2D eigenvalue weighted by Crippen LogP contribution is -2.12. The number of nitrogens with one attached hydrogen (secondary N) is 1. The monoisotopic (exact) mass is 371 g/mol. The molecule has 0 aliphatic heterocycles. The standard InChI is InChI=1S/C13H8Br2FNO/c14-9-5-8(6-10(15)7-9)13(18)17-12-4-2-1-3-11(12)16/h1-7H,(H,17,18). The summed E-state index contributed by atoms with van der Waals surface area (Å²) in [5.74, 6) is -0.818. The van der Waals surface area contributed by atoms with Crippen LogP contribution in [0.5, 0.6) is 0 Å². The van der Waals surface area contributed by atoms with E-state index in [4.69, 9.17) is 0 Å². The quantitative estimate of drug-likeness (QED) is 0.819. The Morgan fingerprint density at radius 2 is 1.67 bits per heavy atom. The zero-order chi connectivity index (χ0) is 13.1. The molecule has 2 aromatic rings. The molecule has 2 rings (SSSR count). The molecular formula is C13H8Br2FNO. The third kappa shape index (κ3) is 3.17. The van der Waals surface area contributed by atoms with Crippen LogP contribution >= 0.6 is 31.9 Å². The summed E-state index contributed by atoms with van der Waals surface area (Å²) in [7, 11) is 0. The molecule has 2 aromatic carbocycles. The van der Waals surface area contributed by atoms with Crippen LogP contribution < -0.4 is 5.32 Å². The van der Waals surface area contributed by atoms with Gasteiger partial charge in [0.1, 0.15) is 5.82 Å². The van der Waals surface area contributed by atoms with Gasteiger partial charge < -0.3 is 5.32 Å². The Balaban J connectivity index is 2.25. The van der Waals surface area contributed by atoms with Gasteiger partial charge in [0.05, 0.1) is 5.69 Å². The van der Waals surface area contributed by atoms with Crippen molar-refractivity contribution < 1.29 is 9.18 Å². The Labute approximate surface area is 120 Å². The number of para-hydroxylation sites is 1. The first-order chi connectivity index (χ1) is 8.56. The van der Waals surface area contributed by atoms with E-state index in [1.807, 2.05) is 6.07 Å². The van der Waals surface area contributed by atoms with Crippen LogP contribution in [0.2, 0.25) is 0 Å². The summed E-state index contributed by atoms with van der Waals surface area (Å²) in [5, 5.41) is 2.53. The van der Waals surface area contributed by atoms with E-state index in [2.05, 4.69) is 37.2 Å². The molecule has 0 aromatic heterocycles. The number of carbonyl (C=O) groups is 1. The molecule has 0 bridgehead atoms. The third-order valence-electron chi connectivity index (χ3n) is 2.25. The summed E-state index contributed by atoms with van der Waals surface area (Å²) in [4.78, 5) is 12.0. The number of hydrogen-bond donors (Lipinski definition) is 1. The zero-order valence-electron chi connectivity index (χ0n) is 9.08. The molecule has 0 fully saturated rings. The molecule has 0 spiro atoms. The maximum atomic E-state index is 13.4. The van der Waals surface area contributed by atoms with E-state index in [1.54, 1.807) is 24.3 Å². The average molecular weight is 373 g/mol. The predicted molar refractivity (Wildman–Crippen MR) is 76.2 cm³/mol. The van der Waals surface area contributed by atoms with E-state index in [0.717, 1.165) is 8.95 Å². The molecule has 18 heavy (non-hydrogen) atoms. The number of benzene rings is 2. The first-order valence-corrected chi connectivity index (χ1v) is 6.67. The summed E-state index contributed by atoms with van der Waals surface area (Å²) in [6.45, 7) is 0. The highest BCUT2D eigenvalue weighted by atomic mass is 79.9. The highest BCUT2D eigenvalue weighted by Gasteiger charge is 2.10. The fourth-order valence-electron chi connectivity index (χ4n) is 1.44. The number of rotatable bonds is 2. The zero-order valence-corrected chi connectivity index (χ0v) is 12.3. The van der Waals surface area contributed by atoms with E-state index in [1.165, 1.54) is 12.1 Å². The number of anilines is 1. The molecular weight excluding hydrogens is 365 g/mol. The van der Waals surface area contributed by atoms with Crippen molar-refractivity contribution in [1.82, 2.24) is 0 Å². The SMILES string of the molecule is O=C(Nc1ccccc1F)c1cc(Br)cc(Br)c1. The Bertz CT molecular complexity index is 581. The number of halogens is 3. The van der Waals surface area contributed by atoms with Crippen LogP contribution in [0.3, 0.4) is 0 Å². The van der Waals surface area contributed by atoms with Gasteiger partial charge in [0, 0.05) is 14.5 Å². The fourth-order valence-corrected chi connectivity index (χ4v) is 2.74. The van der Waals surface area contributed by atoms with Gasteiger partial charge >= 0.3 is 0 Å². The van der Waals surface area contributed by atoms with Gasteiger partial charge in [0.25, 0.3) is 5.91 Å². The molecule has 2 nitrogen and oxygen atoms in total. The largest absolute Gasteiger partial charge is 0.319 e. The highest BCUT2D eigenvalue weighted by molar-refractivity contribution is 9.11. The van der Waals surface area contributed by atoms with Crippen molar-refractivity contribution in [3.8, 4) is 0 Å². The Morgan fingerprint density at radius 3 is 2.28 bits per heavy atom. The van der Waals surface area contributed by atoms with Gasteiger partial charge in [-0.3, -0.25) is 4.79 Å². The molecule has 0 aliphatic carbocycles. The summed E-state index contributed by atoms with van der Waals surface area (Å²) in [6.07, 6.45) is 0. The van der Waals surface area contributed by atoms with Crippen LogP contribution in [0.1, 0.15) is 10.4 Å². The van der Waals surface area contributed by atoms with Crippen LogP contribution in [0.4, 0.5) is 10.1 Å². The molecule has 0 radical (unpaired) electrons. The highest BCUT2D eigenvalue weighted by Crippen LogP contribution is 2.21. The summed E-state index contributed by atoms with van der Waals surface area (Å²) in [5.41, 5.74) is 0.609. The minimum Gasteiger partial charge on any atom is -0.319 e. The van der Waals surface area contributed by atoms with Gasteiger partial charge in [0.2, 0.25) is 0 Å². The maximum absolute atomic E-state index is 13.4. The molecule has 0 saturated carbocycles. The van der Waals surface area contributed by atoms with Crippen LogP contribution in [0.15, 0.2) is 51.4 Å². The second kappa shape index (κ2) is 5.63. The topological polar surface area (TPSA) is 29.1 Å². The van der Waals surface area contributed by atoms with Gasteiger partial charge in [-0.05, 0) is 30.3 Å². The van der Waals surface area contributed by atoms with E-state index in [0.29, 0.717) is 5.56 Å². The number of amides is 1. The van der Waals surface area contributed by atoms with Gasteiger partial charge in [0.15, 0.2) is 0 Å². The number of hydrogen-bond acceptors (Lipinski definition) is 1. The lowest BCUT2D eigenvalue weighted by atomic mass is 10.2. The van der Waals surface area contributed by atoms with Gasteiger partial charge in [-0.2, -0.15) is 0 Å². The molecule has 0 heterocycles. The smallest absolute Gasteiger partial charge is 0.255 e. The van der Waals surface area contributed by atoms with Crippen LogP contribution in [-0.4, -0.2) is 5.91 Å². The maximum Gasteiger partial charge on any atom is 0.255 e. The molecule has 0 aliphatic rings. The second-order valence-electron chi connectivity index (χ2n) is 3.59. The Morgan fingerprint density at radius 1 is 1.06 bits per heavy atom. The van der Waals surface area contributed by atoms with Crippen molar-refractivity contribution >= 4 is 43.5 Å². The van der Waals surface area contributed by atoms with E-state index in [9.17, 15) is 9.18 Å². The molecule has 0 saturated heterocycles. The minimum absolute atomic E-state index is 0.165. The lowest BCUT2D eigenvalue weighted by molar-refractivity contribution is 0.102. The van der Waals surface area contributed by atoms with Crippen LogP contribution in [0.25, 0.3) is 0 Å². The molecule has 92 valence electrons. The first kappa shape index (κ1) is 13.2. The van der Waals surface area contributed by atoms with Gasteiger partial charge in [-0.25, -0.2) is 4.39 Å². The Kier molecular flexibility index (Phi) is 4.14. The molecule has 0 unspecified atom stereocenters. The lowest BCUT2D eigenvalue weighted by Gasteiger charge is -2.07. The van der Waals surface area contributed by atoms with Crippen LogP contribution in [0, 0.1) is 5.82 Å². The van der Waals surface area contributed by atoms with Crippen molar-refractivity contribution in [1.29, 1.82) is 0 Å². The summed E-state index contributed by atoms with van der Waals surface area (Å²) < 4.78 is 14.9. The normalized spacial score (nSPS) is 10.2. The minimum atomic E-state index is -0.458. The number of carbonyl (C=O) groups excluding carboxylic acids is 1. The molecule has 0 atom stereocenters. The van der Waals surface area contributed by atoms with E-state index in [-0.39, 0.29) is 11.6 Å². The van der Waals surface area contributed by atoms with Crippen molar-refractivity contribution in [2.45, 2.75) is 0 Å². The van der Waals surface area contributed by atoms with Gasteiger partial charge in [-0.1, -0.05) is 44.0 Å². The Hall–Kier alpha value is -1.20. The molecule has 1 N–H and O–H groups in total. The molecule has 5 heteroatoms. The van der Waals surface area contributed by atoms with Gasteiger partial charge in [-0.15, -0.1) is 0 Å². The summed E-state index contributed by atoms with van der Waals surface area (Å²) in [6, 6.07) is 11.2. The van der Waals surface area contributed by atoms with Crippen molar-refractivity contribution in [3.05, 3.63) is 62.8 Å². The van der Waals surface area contributed by atoms with Crippen molar-refractivity contribution in [2.75, 3.05) is 5.32 Å². The van der Waals surface area contributed by atoms with E-state index >= 15 is 0 Å². The molecule has 1 amide bonds. The third-order valence-corrected chi connectivity index (χ3v) is 3.16.